The number of nitrogens with zero attached hydrogens (tertiary/aromatic N) is 2. The molecule has 0 amide bonds. The third-order valence-electron chi connectivity index (χ3n) is 2.27. The molecule has 0 unspecified atom stereocenters. The van der Waals surface area contributed by atoms with Crippen molar-refractivity contribution in [2.75, 3.05) is 12.3 Å². The summed E-state index contributed by atoms with van der Waals surface area (Å²) < 4.78 is 4.99. The molecule has 104 valence electrons. The first-order chi connectivity index (χ1) is 9.60. The van der Waals surface area contributed by atoms with Crippen molar-refractivity contribution in [2.45, 2.75) is 17.0 Å². The van der Waals surface area contributed by atoms with Gasteiger partial charge in [0, 0.05) is 6.20 Å². The molecule has 2 rings (SSSR count). The Bertz CT molecular complexity index is 620. The number of aromatic nitrogens is 2. The second kappa shape index (κ2) is 6.58. The smallest absolute Gasteiger partial charge is 0.340 e. The zero-order valence-electron chi connectivity index (χ0n) is 10.7. The largest absolute Gasteiger partial charge is 0.462 e. The van der Waals surface area contributed by atoms with E-state index in [9.17, 15) is 4.79 Å². The number of nitrogen functional groups attached to an aromatic ring is 1. The molecular formula is C13H12ClN3O2S. The van der Waals surface area contributed by atoms with E-state index in [1.54, 1.807) is 25.1 Å². The maximum Gasteiger partial charge on any atom is 0.340 e. The van der Waals surface area contributed by atoms with Crippen molar-refractivity contribution in [2.24, 2.45) is 0 Å². The van der Waals surface area contributed by atoms with Gasteiger partial charge in [-0.25, -0.2) is 14.8 Å². The van der Waals surface area contributed by atoms with Crippen molar-refractivity contribution in [1.82, 2.24) is 9.97 Å². The van der Waals surface area contributed by atoms with Gasteiger partial charge in [-0.05, 0) is 36.9 Å². The number of carbonyl (C=O) groups is 1. The molecule has 0 bridgehead atoms. The fourth-order valence-electron chi connectivity index (χ4n) is 1.43. The molecule has 7 heteroatoms. The Kier molecular flexibility index (Phi) is 4.81. The molecule has 0 aliphatic rings. The van der Waals surface area contributed by atoms with Crippen molar-refractivity contribution in [3.05, 3.63) is 41.2 Å². The van der Waals surface area contributed by atoms with E-state index < -0.39 is 5.97 Å². The number of anilines is 1. The Hall–Kier alpha value is -1.79. The molecule has 0 atom stereocenters. The van der Waals surface area contributed by atoms with Crippen molar-refractivity contribution in [3.8, 4) is 0 Å². The van der Waals surface area contributed by atoms with E-state index >= 15 is 0 Å². The normalized spacial score (nSPS) is 10.3. The van der Waals surface area contributed by atoms with Crippen LogP contribution in [0.5, 0.6) is 0 Å². The topological polar surface area (TPSA) is 78.1 Å². The highest BCUT2D eigenvalue weighted by molar-refractivity contribution is 7.99. The van der Waals surface area contributed by atoms with Crippen LogP contribution in [0.3, 0.4) is 0 Å². The molecular weight excluding hydrogens is 298 g/mol. The SMILES string of the molecule is CCOC(=O)c1cc(N)cnc1Sc1ccc(Cl)cn1. The molecule has 0 spiro atoms. The Morgan fingerprint density at radius 3 is 2.85 bits per heavy atom. The molecule has 0 aliphatic carbocycles. The minimum atomic E-state index is -0.455. The Morgan fingerprint density at radius 1 is 1.40 bits per heavy atom. The quantitative estimate of drug-likeness (QED) is 0.875. The lowest BCUT2D eigenvalue weighted by atomic mass is 10.3. The second-order valence-electron chi connectivity index (χ2n) is 3.76. The summed E-state index contributed by atoms with van der Waals surface area (Å²) in [7, 11) is 0. The summed E-state index contributed by atoms with van der Waals surface area (Å²) in [6.45, 7) is 2.03. The molecule has 5 nitrogen and oxygen atoms in total. The average molecular weight is 310 g/mol. The maximum atomic E-state index is 11.9. The molecule has 2 aromatic rings. The van der Waals surface area contributed by atoms with Crippen LogP contribution in [0.1, 0.15) is 17.3 Å². The van der Waals surface area contributed by atoms with Gasteiger partial charge in [0.05, 0.1) is 29.1 Å². The van der Waals surface area contributed by atoms with E-state index in [1.165, 1.54) is 24.2 Å². The molecule has 2 heterocycles. The number of hydrogen-bond acceptors (Lipinski definition) is 6. The maximum absolute atomic E-state index is 11.9. The van der Waals surface area contributed by atoms with Crippen LogP contribution < -0.4 is 5.73 Å². The summed E-state index contributed by atoms with van der Waals surface area (Å²) in [6, 6.07) is 5.02. The van der Waals surface area contributed by atoms with Gasteiger partial charge in [0.25, 0.3) is 0 Å². The number of esters is 1. The number of nitrogens with two attached hydrogens (primary N) is 1. The first-order valence-electron chi connectivity index (χ1n) is 5.82. The highest BCUT2D eigenvalue weighted by Gasteiger charge is 2.16. The van der Waals surface area contributed by atoms with Gasteiger partial charge in [-0.2, -0.15) is 0 Å². The first-order valence-corrected chi connectivity index (χ1v) is 7.01. The predicted octanol–water partition coefficient (Wildman–Crippen LogP) is 3.04. The van der Waals surface area contributed by atoms with Gasteiger partial charge in [-0.15, -0.1) is 0 Å². The zero-order chi connectivity index (χ0) is 14.5. The number of carbonyl (C=O) groups excluding carboxylic acids is 1. The molecule has 0 radical (unpaired) electrons. The lowest BCUT2D eigenvalue weighted by Crippen LogP contribution is -2.08. The van der Waals surface area contributed by atoms with Crippen LogP contribution in [0.25, 0.3) is 0 Å². The van der Waals surface area contributed by atoms with Crippen molar-refractivity contribution in [1.29, 1.82) is 0 Å². The molecule has 2 aromatic heterocycles. The van der Waals surface area contributed by atoms with Gasteiger partial charge in [-0.1, -0.05) is 11.6 Å². The molecule has 0 aliphatic heterocycles. The zero-order valence-corrected chi connectivity index (χ0v) is 12.2. The van der Waals surface area contributed by atoms with Gasteiger partial charge >= 0.3 is 5.97 Å². The highest BCUT2D eigenvalue weighted by Crippen LogP contribution is 2.29. The molecule has 20 heavy (non-hydrogen) atoms. The van der Waals surface area contributed by atoms with Gasteiger partial charge in [0.2, 0.25) is 0 Å². The summed E-state index contributed by atoms with van der Waals surface area (Å²) in [4.78, 5) is 20.2. The van der Waals surface area contributed by atoms with Crippen molar-refractivity contribution >= 4 is 35.0 Å². The number of pyridine rings is 2. The summed E-state index contributed by atoms with van der Waals surface area (Å²) in [5.74, 6) is -0.455. The Labute approximate surface area is 125 Å². The van der Waals surface area contributed by atoms with Crippen LogP contribution in [0.4, 0.5) is 5.69 Å². The molecule has 0 aromatic carbocycles. The highest BCUT2D eigenvalue weighted by atomic mass is 35.5. The predicted molar refractivity (Wildman–Crippen MR) is 78.0 cm³/mol. The van der Waals surface area contributed by atoms with E-state index in [2.05, 4.69) is 9.97 Å². The standard InChI is InChI=1S/C13H12ClN3O2S/c1-2-19-13(18)10-5-9(15)7-17-12(10)20-11-4-3-8(14)6-16-11/h3-7H,2,15H2,1H3. The molecule has 0 fully saturated rings. The van der Waals surface area contributed by atoms with Crippen LogP contribution in [0.2, 0.25) is 5.02 Å². The van der Waals surface area contributed by atoms with E-state index in [0.717, 1.165) is 0 Å². The number of rotatable bonds is 4. The molecule has 0 saturated carbocycles. The van der Waals surface area contributed by atoms with Crippen molar-refractivity contribution < 1.29 is 9.53 Å². The lowest BCUT2D eigenvalue weighted by Gasteiger charge is -2.08. The molecule has 2 N–H and O–H groups in total. The van der Waals surface area contributed by atoms with Gasteiger partial charge in [0.15, 0.2) is 0 Å². The van der Waals surface area contributed by atoms with Gasteiger partial charge in [-0.3, -0.25) is 0 Å². The van der Waals surface area contributed by atoms with Gasteiger partial charge < -0.3 is 10.5 Å². The van der Waals surface area contributed by atoms with E-state index in [-0.39, 0.29) is 6.61 Å². The summed E-state index contributed by atoms with van der Waals surface area (Å²) in [6.07, 6.45) is 3.02. The average Bonchev–Trinajstić information content (AvgIpc) is 2.43. The number of halogens is 1. The molecule has 0 saturated heterocycles. The van der Waals surface area contributed by atoms with E-state index in [0.29, 0.717) is 26.3 Å². The minimum absolute atomic E-state index is 0.289. The lowest BCUT2D eigenvalue weighted by molar-refractivity contribution is 0.0521. The summed E-state index contributed by atoms with van der Waals surface area (Å²) in [5.41, 5.74) is 6.39. The fraction of sp³-hybridized carbons (Fsp3) is 0.154. The monoisotopic (exact) mass is 309 g/mol. The third kappa shape index (κ3) is 3.61. The number of ether oxygens (including phenoxy) is 1. The summed E-state index contributed by atoms with van der Waals surface area (Å²) in [5, 5.41) is 1.72. The van der Waals surface area contributed by atoms with Crippen LogP contribution >= 0.6 is 23.4 Å². The van der Waals surface area contributed by atoms with Crippen LogP contribution in [-0.4, -0.2) is 22.5 Å². The summed E-state index contributed by atoms with van der Waals surface area (Å²) >= 11 is 7.03. The fourth-order valence-corrected chi connectivity index (χ4v) is 2.34. The van der Waals surface area contributed by atoms with Gasteiger partial charge in [0.1, 0.15) is 10.1 Å². The first kappa shape index (κ1) is 14.6. The van der Waals surface area contributed by atoms with E-state index in [4.69, 9.17) is 22.1 Å². The number of hydrogen-bond donors (Lipinski definition) is 1. The van der Waals surface area contributed by atoms with E-state index in [1.807, 2.05) is 0 Å². The van der Waals surface area contributed by atoms with Crippen LogP contribution in [0, 0.1) is 0 Å². The van der Waals surface area contributed by atoms with Crippen molar-refractivity contribution in [3.63, 3.8) is 0 Å². The van der Waals surface area contributed by atoms with Crippen LogP contribution in [0.15, 0.2) is 40.6 Å². The Morgan fingerprint density at radius 2 is 2.20 bits per heavy atom. The second-order valence-corrected chi connectivity index (χ2v) is 5.20. The van der Waals surface area contributed by atoms with Crippen LogP contribution in [-0.2, 0) is 4.74 Å². The Balaban J connectivity index is 2.31. The minimum Gasteiger partial charge on any atom is -0.462 e. The third-order valence-corrected chi connectivity index (χ3v) is 3.46.